The average molecular weight is 536 g/mol. The Morgan fingerprint density at radius 1 is 1.03 bits per heavy atom. The molecule has 4 aromatic rings. The summed E-state index contributed by atoms with van der Waals surface area (Å²) in [5.41, 5.74) is 1.21. The number of aromatic amines is 1. The number of allylic oxidation sites excluding steroid dienone is 1. The fourth-order valence-electron chi connectivity index (χ4n) is 3.65. The van der Waals surface area contributed by atoms with Crippen LogP contribution in [-0.2, 0) is 18.9 Å². The second-order valence-electron chi connectivity index (χ2n) is 8.17. The van der Waals surface area contributed by atoms with Crippen LogP contribution in [0.15, 0.2) is 63.3 Å². The first-order valence-corrected chi connectivity index (χ1v) is 12.3. The van der Waals surface area contributed by atoms with E-state index < -0.39 is 11.2 Å². The number of hydrogen-bond donors (Lipinski definition) is 2. The van der Waals surface area contributed by atoms with Gasteiger partial charge in [-0.25, -0.2) is 9.78 Å². The number of aryl methyl sites for hydroxylation is 1. The van der Waals surface area contributed by atoms with E-state index in [1.54, 1.807) is 56.7 Å². The molecule has 2 heterocycles. The summed E-state index contributed by atoms with van der Waals surface area (Å²) in [6, 6.07) is 11.9. The lowest BCUT2D eigenvalue weighted by molar-refractivity contribution is -0.113. The molecular formula is C26H25N5O6S. The van der Waals surface area contributed by atoms with Gasteiger partial charge in [0.05, 0.1) is 20.0 Å². The monoisotopic (exact) mass is 535 g/mol. The lowest BCUT2D eigenvalue weighted by Crippen LogP contribution is -2.36. The number of thioether (sulfide) groups is 1. The van der Waals surface area contributed by atoms with E-state index in [9.17, 15) is 19.2 Å². The highest BCUT2D eigenvalue weighted by Gasteiger charge is 2.15. The van der Waals surface area contributed by atoms with Crippen LogP contribution in [0.4, 0.5) is 5.69 Å². The van der Waals surface area contributed by atoms with Crippen molar-refractivity contribution < 1.29 is 19.1 Å². The molecule has 1 amide bonds. The van der Waals surface area contributed by atoms with Gasteiger partial charge in [-0.2, -0.15) is 0 Å². The molecule has 2 aromatic carbocycles. The molecule has 0 atom stereocenters. The summed E-state index contributed by atoms with van der Waals surface area (Å²) in [7, 11) is 6.01. The first-order valence-electron chi connectivity index (χ1n) is 11.3. The molecule has 0 fully saturated rings. The van der Waals surface area contributed by atoms with E-state index in [1.165, 1.54) is 24.7 Å². The third kappa shape index (κ3) is 5.54. The topological polar surface area (TPSA) is 137 Å². The van der Waals surface area contributed by atoms with Gasteiger partial charge in [0.2, 0.25) is 5.91 Å². The predicted molar refractivity (Wildman–Crippen MR) is 145 cm³/mol. The zero-order chi connectivity index (χ0) is 27.4. The highest BCUT2D eigenvalue weighted by atomic mass is 32.2. The predicted octanol–water partition coefficient (Wildman–Crippen LogP) is 2.60. The van der Waals surface area contributed by atoms with E-state index >= 15 is 0 Å². The van der Waals surface area contributed by atoms with E-state index in [0.717, 1.165) is 21.9 Å². The molecule has 4 rings (SSSR count). The van der Waals surface area contributed by atoms with Crippen molar-refractivity contribution in [3.63, 3.8) is 0 Å². The van der Waals surface area contributed by atoms with Gasteiger partial charge < -0.3 is 19.8 Å². The number of ether oxygens (including phenoxy) is 2. The molecule has 12 heteroatoms. The van der Waals surface area contributed by atoms with Crippen molar-refractivity contribution in [2.24, 2.45) is 14.1 Å². The second-order valence-corrected chi connectivity index (χ2v) is 9.14. The molecule has 11 nitrogen and oxygen atoms in total. The highest BCUT2D eigenvalue weighted by molar-refractivity contribution is 7.99. The Balaban J connectivity index is 1.35. The van der Waals surface area contributed by atoms with Crippen molar-refractivity contribution in [1.82, 2.24) is 19.1 Å². The van der Waals surface area contributed by atoms with Gasteiger partial charge in [-0.05, 0) is 48.0 Å². The number of fused-ring (bicyclic) bond motifs is 1. The lowest BCUT2D eigenvalue weighted by Gasteiger charge is -2.07. The van der Waals surface area contributed by atoms with Crippen LogP contribution >= 0.6 is 11.8 Å². The Kier molecular flexibility index (Phi) is 7.82. The minimum Gasteiger partial charge on any atom is -0.493 e. The number of ketones is 1. The van der Waals surface area contributed by atoms with E-state index in [2.05, 4.69) is 15.3 Å². The van der Waals surface area contributed by atoms with E-state index in [0.29, 0.717) is 27.9 Å². The molecule has 0 unspecified atom stereocenters. The highest BCUT2D eigenvalue weighted by Crippen LogP contribution is 2.28. The number of benzene rings is 2. The molecule has 0 radical (unpaired) electrons. The summed E-state index contributed by atoms with van der Waals surface area (Å²) < 4.78 is 12.7. The molecular weight excluding hydrogens is 510 g/mol. The third-order valence-electron chi connectivity index (χ3n) is 5.70. The van der Waals surface area contributed by atoms with E-state index in [-0.39, 0.29) is 28.6 Å². The standard InChI is InChI=1S/C26H25N5O6S/c1-30-23-22(24(34)31(2)26(30)35)28-25(29-23)38-14-21(33)27-17-9-7-16(8-10-17)18(32)11-5-15-6-12-19(36-3)20(13-15)37-4/h5-13H,14H2,1-4H3,(H,27,33)(H,28,29)/b11-5+. The zero-order valence-electron chi connectivity index (χ0n) is 21.1. The Morgan fingerprint density at radius 2 is 1.74 bits per heavy atom. The van der Waals surface area contributed by atoms with E-state index in [1.807, 2.05) is 6.07 Å². The lowest BCUT2D eigenvalue weighted by atomic mass is 10.1. The number of nitrogens with one attached hydrogen (secondary N) is 2. The maximum Gasteiger partial charge on any atom is 0.332 e. The molecule has 2 aromatic heterocycles. The van der Waals surface area contributed by atoms with Crippen molar-refractivity contribution in [3.8, 4) is 11.5 Å². The van der Waals surface area contributed by atoms with Gasteiger partial charge in [-0.3, -0.25) is 23.5 Å². The van der Waals surface area contributed by atoms with Crippen molar-refractivity contribution >= 4 is 46.4 Å². The van der Waals surface area contributed by atoms with Crippen LogP contribution in [0.25, 0.3) is 17.2 Å². The molecule has 2 N–H and O–H groups in total. The molecule has 0 aliphatic heterocycles. The Bertz CT molecular complexity index is 1670. The number of nitrogens with zero attached hydrogens (tertiary/aromatic N) is 3. The maximum absolute atomic E-state index is 12.6. The minimum absolute atomic E-state index is 0.0167. The summed E-state index contributed by atoms with van der Waals surface area (Å²) in [4.78, 5) is 56.5. The number of hydrogen-bond acceptors (Lipinski definition) is 8. The van der Waals surface area contributed by atoms with Gasteiger partial charge in [-0.1, -0.05) is 23.9 Å². The van der Waals surface area contributed by atoms with Crippen molar-refractivity contribution in [2.75, 3.05) is 25.3 Å². The first-order chi connectivity index (χ1) is 18.2. The van der Waals surface area contributed by atoms with Crippen molar-refractivity contribution in [1.29, 1.82) is 0 Å². The molecule has 0 aliphatic carbocycles. The summed E-state index contributed by atoms with van der Waals surface area (Å²) >= 11 is 1.10. The number of carbonyl (C=O) groups is 2. The van der Waals surface area contributed by atoms with Gasteiger partial charge in [0.15, 0.2) is 33.6 Å². The molecule has 38 heavy (non-hydrogen) atoms. The van der Waals surface area contributed by atoms with Gasteiger partial charge in [-0.15, -0.1) is 0 Å². The van der Waals surface area contributed by atoms with Crippen LogP contribution in [0.2, 0.25) is 0 Å². The number of amides is 1. The zero-order valence-corrected chi connectivity index (χ0v) is 21.9. The number of anilines is 1. The first kappa shape index (κ1) is 26.5. The normalized spacial score (nSPS) is 11.2. The van der Waals surface area contributed by atoms with Crippen LogP contribution in [0.1, 0.15) is 15.9 Å². The third-order valence-corrected chi connectivity index (χ3v) is 6.57. The van der Waals surface area contributed by atoms with Crippen LogP contribution in [0.3, 0.4) is 0 Å². The van der Waals surface area contributed by atoms with Crippen LogP contribution in [0.5, 0.6) is 11.5 Å². The Labute approximate surface area is 221 Å². The smallest absolute Gasteiger partial charge is 0.332 e. The fourth-order valence-corrected chi connectivity index (χ4v) is 4.31. The van der Waals surface area contributed by atoms with Crippen molar-refractivity contribution in [2.45, 2.75) is 5.16 Å². The largest absolute Gasteiger partial charge is 0.493 e. The molecule has 0 spiro atoms. The molecule has 0 aliphatic rings. The molecule has 196 valence electrons. The fraction of sp³-hybridized carbons (Fsp3) is 0.192. The number of rotatable bonds is 9. The van der Waals surface area contributed by atoms with Crippen LogP contribution < -0.4 is 26.0 Å². The minimum atomic E-state index is -0.486. The Hall–Kier alpha value is -4.58. The SMILES string of the molecule is COc1ccc(/C=C/C(=O)c2ccc(NC(=O)CSc3nc4c([nH]3)c(=O)n(C)c(=O)n4C)cc2)cc1OC. The number of imidazole rings is 1. The van der Waals surface area contributed by atoms with Crippen molar-refractivity contribution in [3.05, 3.63) is 80.5 Å². The van der Waals surface area contributed by atoms with Gasteiger partial charge in [0, 0.05) is 25.3 Å². The second kappa shape index (κ2) is 11.2. The molecule has 0 bridgehead atoms. The summed E-state index contributed by atoms with van der Waals surface area (Å²) in [6.45, 7) is 0. The van der Waals surface area contributed by atoms with E-state index in [4.69, 9.17) is 9.47 Å². The number of aromatic nitrogens is 4. The quantitative estimate of drug-likeness (QED) is 0.190. The molecule has 0 saturated heterocycles. The number of carbonyl (C=O) groups excluding carboxylic acids is 2. The van der Waals surface area contributed by atoms with Gasteiger partial charge >= 0.3 is 5.69 Å². The van der Waals surface area contributed by atoms with Gasteiger partial charge in [0.1, 0.15) is 0 Å². The summed E-state index contributed by atoms with van der Waals surface area (Å²) in [6.07, 6.45) is 3.14. The maximum atomic E-state index is 12.6. The summed E-state index contributed by atoms with van der Waals surface area (Å²) in [5, 5.41) is 3.10. The summed E-state index contributed by atoms with van der Waals surface area (Å²) in [5.74, 6) is 0.684. The number of H-pyrrole nitrogens is 1. The number of methoxy groups -OCH3 is 2. The average Bonchev–Trinajstić information content (AvgIpc) is 3.37. The molecule has 0 saturated carbocycles. The van der Waals surface area contributed by atoms with Gasteiger partial charge in [0.25, 0.3) is 5.56 Å². The van der Waals surface area contributed by atoms with Crippen LogP contribution in [0, 0.1) is 0 Å². The van der Waals surface area contributed by atoms with Crippen LogP contribution in [-0.4, -0.2) is 50.8 Å². The Morgan fingerprint density at radius 3 is 2.42 bits per heavy atom.